The van der Waals surface area contributed by atoms with Crippen LogP contribution in [0.15, 0.2) is 40.9 Å². The summed E-state index contributed by atoms with van der Waals surface area (Å²) in [6, 6.07) is 8.52. The first-order valence-corrected chi connectivity index (χ1v) is 8.52. The number of hydrogen-bond donors (Lipinski definition) is 0. The molecule has 2 aromatic carbocycles. The Morgan fingerprint density at radius 1 is 1.19 bits per heavy atom. The lowest BCUT2D eigenvalue weighted by Gasteiger charge is -2.19. The summed E-state index contributed by atoms with van der Waals surface area (Å²) in [7, 11) is 1.52. The molecule has 0 radical (unpaired) electrons. The Hall–Kier alpha value is -2.22. The molecule has 0 aliphatic carbocycles. The molecule has 2 rings (SSSR count). The van der Waals surface area contributed by atoms with Gasteiger partial charge < -0.3 is 14.4 Å². The van der Waals surface area contributed by atoms with Gasteiger partial charge in [0.1, 0.15) is 5.82 Å². The van der Waals surface area contributed by atoms with Crippen LogP contribution in [0.25, 0.3) is 0 Å². The largest absolute Gasteiger partial charge is 0.490 e. The second kappa shape index (κ2) is 8.93. The highest BCUT2D eigenvalue weighted by Crippen LogP contribution is 2.30. The molecule has 0 N–H and O–H groups in total. The van der Waals surface area contributed by atoms with Crippen LogP contribution in [0.4, 0.5) is 13.2 Å². The van der Waals surface area contributed by atoms with Crippen LogP contribution < -0.4 is 9.47 Å². The van der Waals surface area contributed by atoms with Crippen LogP contribution in [0.3, 0.4) is 0 Å². The fraction of sp³-hybridized carbons (Fsp3) is 0.278. The number of amides is 1. The predicted octanol–water partition coefficient (Wildman–Crippen LogP) is 4.86. The van der Waals surface area contributed by atoms with E-state index in [1.807, 2.05) is 0 Å². The van der Waals surface area contributed by atoms with Gasteiger partial charge in [-0.05, 0) is 42.8 Å². The van der Waals surface area contributed by atoms with Crippen LogP contribution >= 0.6 is 15.9 Å². The molecule has 0 spiro atoms. The molecule has 0 fully saturated rings. The zero-order valence-corrected chi connectivity index (χ0v) is 15.7. The second-order valence-electron chi connectivity index (χ2n) is 5.38. The molecule has 8 heteroatoms. The lowest BCUT2D eigenvalue weighted by atomic mass is 10.1. The molecule has 0 unspecified atom stereocenters. The second-order valence-corrected chi connectivity index (χ2v) is 6.29. The maximum atomic E-state index is 13.9. The molecule has 1 amide bonds. The van der Waals surface area contributed by atoms with E-state index in [-0.39, 0.29) is 30.2 Å². The van der Waals surface area contributed by atoms with Gasteiger partial charge in [-0.2, -0.15) is 8.78 Å². The van der Waals surface area contributed by atoms with Gasteiger partial charge in [0.2, 0.25) is 0 Å². The van der Waals surface area contributed by atoms with Gasteiger partial charge in [0, 0.05) is 18.1 Å². The lowest BCUT2D eigenvalue weighted by Crippen LogP contribution is -2.27. The Bertz CT molecular complexity index is 786. The van der Waals surface area contributed by atoms with E-state index in [9.17, 15) is 18.0 Å². The minimum atomic E-state index is -2.97. The van der Waals surface area contributed by atoms with Crippen LogP contribution in [-0.4, -0.2) is 31.1 Å². The van der Waals surface area contributed by atoms with E-state index in [4.69, 9.17) is 4.74 Å². The molecule has 0 saturated carbocycles. The Kier molecular flexibility index (Phi) is 6.90. The summed E-state index contributed by atoms with van der Waals surface area (Å²) in [4.78, 5) is 13.8. The highest BCUT2D eigenvalue weighted by Gasteiger charge is 2.18. The lowest BCUT2D eigenvalue weighted by molar-refractivity contribution is -0.0514. The molecule has 2 aromatic rings. The summed E-state index contributed by atoms with van der Waals surface area (Å²) in [6.45, 7) is -0.852. The first-order valence-electron chi connectivity index (χ1n) is 7.72. The van der Waals surface area contributed by atoms with Crippen molar-refractivity contribution in [3.63, 3.8) is 0 Å². The molecule has 0 bridgehead atoms. The third-order valence-electron chi connectivity index (χ3n) is 3.45. The van der Waals surface area contributed by atoms with E-state index in [1.165, 1.54) is 42.3 Å². The maximum absolute atomic E-state index is 13.9. The van der Waals surface area contributed by atoms with Crippen molar-refractivity contribution >= 4 is 21.8 Å². The van der Waals surface area contributed by atoms with Crippen LogP contribution in [-0.2, 0) is 6.54 Å². The molecular weight excluding hydrogens is 415 g/mol. The fourth-order valence-electron chi connectivity index (χ4n) is 2.33. The normalized spacial score (nSPS) is 10.7. The molecule has 0 aliphatic rings. The molecule has 0 saturated heterocycles. The Balaban J connectivity index is 2.19. The first kappa shape index (κ1) is 20.1. The van der Waals surface area contributed by atoms with Crippen LogP contribution in [0.1, 0.15) is 22.8 Å². The summed E-state index contributed by atoms with van der Waals surface area (Å²) in [5, 5.41) is 0. The highest BCUT2D eigenvalue weighted by atomic mass is 79.9. The SMILES string of the molecule is CCOc1cc(CN(C)C(=O)c2cc(Br)ccc2F)ccc1OC(F)F. The molecule has 0 heterocycles. The van der Waals surface area contributed by atoms with E-state index in [2.05, 4.69) is 20.7 Å². The fourth-order valence-corrected chi connectivity index (χ4v) is 2.69. The van der Waals surface area contributed by atoms with Crippen LogP contribution in [0, 0.1) is 5.82 Å². The van der Waals surface area contributed by atoms with E-state index in [0.717, 1.165) is 0 Å². The molecule has 140 valence electrons. The number of halogens is 4. The molecular formula is C18H17BrF3NO3. The van der Waals surface area contributed by atoms with Gasteiger partial charge in [-0.3, -0.25) is 4.79 Å². The van der Waals surface area contributed by atoms with Gasteiger partial charge in [0.15, 0.2) is 11.5 Å². The highest BCUT2D eigenvalue weighted by molar-refractivity contribution is 9.10. The topological polar surface area (TPSA) is 38.8 Å². The summed E-state index contributed by atoms with van der Waals surface area (Å²) >= 11 is 3.21. The van der Waals surface area contributed by atoms with Crippen molar-refractivity contribution < 1.29 is 27.4 Å². The average Bonchev–Trinajstić information content (AvgIpc) is 2.58. The molecule has 0 aromatic heterocycles. The van der Waals surface area contributed by atoms with E-state index in [0.29, 0.717) is 10.0 Å². The number of ether oxygens (including phenoxy) is 2. The summed E-state index contributed by atoms with van der Waals surface area (Å²) in [5.41, 5.74) is 0.561. The zero-order valence-electron chi connectivity index (χ0n) is 14.1. The van der Waals surface area contributed by atoms with Crippen molar-refractivity contribution in [1.29, 1.82) is 0 Å². The van der Waals surface area contributed by atoms with Crippen LogP contribution in [0.2, 0.25) is 0 Å². The molecule has 26 heavy (non-hydrogen) atoms. The quantitative estimate of drug-likeness (QED) is 0.628. The van der Waals surface area contributed by atoms with Gasteiger partial charge in [0.25, 0.3) is 5.91 Å². The van der Waals surface area contributed by atoms with Gasteiger partial charge in [-0.1, -0.05) is 22.0 Å². The van der Waals surface area contributed by atoms with E-state index >= 15 is 0 Å². The predicted molar refractivity (Wildman–Crippen MR) is 94.1 cm³/mol. The number of rotatable bonds is 7. The van der Waals surface area contributed by atoms with Crippen LogP contribution in [0.5, 0.6) is 11.5 Å². The average molecular weight is 432 g/mol. The molecule has 0 atom stereocenters. The zero-order chi connectivity index (χ0) is 19.3. The van der Waals surface area contributed by atoms with Gasteiger partial charge >= 0.3 is 6.61 Å². The maximum Gasteiger partial charge on any atom is 0.387 e. The van der Waals surface area contributed by atoms with Crippen molar-refractivity contribution in [3.05, 3.63) is 57.8 Å². The number of alkyl halides is 2. The standard InChI is InChI=1S/C18H17BrF3NO3/c1-3-25-16-8-11(4-7-15(16)26-18(21)22)10-23(2)17(24)13-9-12(19)5-6-14(13)20/h4-9,18H,3,10H2,1-2H3. The number of carbonyl (C=O) groups is 1. The molecule has 0 aliphatic heterocycles. The first-order chi connectivity index (χ1) is 12.3. The Morgan fingerprint density at radius 2 is 1.92 bits per heavy atom. The van der Waals surface area contributed by atoms with Gasteiger partial charge in [-0.15, -0.1) is 0 Å². The summed E-state index contributed by atoms with van der Waals surface area (Å²) in [6.07, 6.45) is 0. The van der Waals surface area contributed by atoms with E-state index in [1.54, 1.807) is 13.0 Å². The number of benzene rings is 2. The van der Waals surface area contributed by atoms with Crippen molar-refractivity contribution in [1.82, 2.24) is 4.90 Å². The van der Waals surface area contributed by atoms with Crippen molar-refractivity contribution in [2.75, 3.05) is 13.7 Å². The Labute approximate surface area is 157 Å². The number of hydrogen-bond acceptors (Lipinski definition) is 3. The monoisotopic (exact) mass is 431 g/mol. The molecule has 4 nitrogen and oxygen atoms in total. The van der Waals surface area contributed by atoms with E-state index < -0.39 is 18.3 Å². The number of carbonyl (C=O) groups excluding carboxylic acids is 1. The summed E-state index contributed by atoms with van der Waals surface area (Å²) in [5.74, 6) is -1.06. The van der Waals surface area contributed by atoms with Crippen molar-refractivity contribution in [2.24, 2.45) is 0 Å². The third-order valence-corrected chi connectivity index (χ3v) is 3.94. The van der Waals surface area contributed by atoms with Gasteiger partial charge in [-0.25, -0.2) is 4.39 Å². The minimum Gasteiger partial charge on any atom is -0.490 e. The van der Waals surface area contributed by atoms with Gasteiger partial charge in [0.05, 0.1) is 12.2 Å². The summed E-state index contributed by atoms with van der Waals surface area (Å²) < 4.78 is 49.1. The minimum absolute atomic E-state index is 0.0652. The van der Waals surface area contributed by atoms with Crippen molar-refractivity contribution in [2.45, 2.75) is 20.1 Å². The Morgan fingerprint density at radius 3 is 2.58 bits per heavy atom. The van der Waals surface area contributed by atoms with Crippen molar-refractivity contribution in [3.8, 4) is 11.5 Å². The smallest absolute Gasteiger partial charge is 0.387 e. The third kappa shape index (κ3) is 5.14. The number of nitrogens with zero attached hydrogens (tertiary/aromatic N) is 1.